The van der Waals surface area contributed by atoms with Crippen molar-refractivity contribution in [2.75, 3.05) is 13.6 Å². The van der Waals surface area contributed by atoms with Crippen LogP contribution in [0.5, 0.6) is 0 Å². The third-order valence-electron chi connectivity index (χ3n) is 2.73. The Kier molecular flexibility index (Phi) is 5.35. The number of benzene rings is 1. The molecule has 21 heavy (non-hydrogen) atoms. The van der Waals surface area contributed by atoms with E-state index in [0.717, 1.165) is 22.5 Å². The van der Waals surface area contributed by atoms with Crippen molar-refractivity contribution in [1.29, 1.82) is 0 Å². The van der Waals surface area contributed by atoms with Gasteiger partial charge in [0.15, 0.2) is 0 Å². The van der Waals surface area contributed by atoms with Crippen LogP contribution < -0.4 is 0 Å². The normalized spacial score (nSPS) is 12.6. The summed E-state index contributed by atoms with van der Waals surface area (Å²) in [6, 6.07) is 3.42. The highest BCUT2D eigenvalue weighted by Gasteiger charge is 2.32. The van der Waals surface area contributed by atoms with Crippen molar-refractivity contribution in [3.05, 3.63) is 29.8 Å². The van der Waals surface area contributed by atoms with Crippen molar-refractivity contribution in [3.8, 4) is 0 Å². The number of nitrogens with zero attached hydrogens (tertiary/aromatic N) is 1. The summed E-state index contributed by atoms with van der Waals surface area (Å²) < 4.78 is 62.8. The van der Waals surface area contributed by atoms with Gasteiger partial charge in [-0.25, -0.2) is 12.7 Å². The van der Waals surface area contributed by atoms with Gasteiger partial charge in [-0.1, -0.05) is 6.07 Å². The Morgan fingerprint density at radius 1 is 1.33 bits per heavy atom. The average Bonchev–Trinajstić information content (AvgIpc) is 2.37. The van der Waals surface area contributed by atoms with Crippen LogP contribution in [0.25, 0.3) is 0 Å². The van der Waals surface area contributed by atoms with E-state index in [0.29, 0.717) is 6.07 Å². The Hall–Kier alpha value is -1.61. The summed E-state index contributed by atoms with van der Waals surface area (Å²) in [5, 5.41) is 8.48. The first kappa shape index (κ1) is 17.4. The standard InChI is InChI=1S/C12H14F3NO4S/c1-16(7-3-6-11(17)18)21(19,20)10-5-2-4-9(8-10)12(13,14)15/h2,4-5,8H,3,6-7H2,1H3,(H,17,18). The van der Waals surface area contributed by atoms with Crippen LogP contribution in [0.1, 0.15) is 18.4 Å². The highest BCUT2D eigenvalue weighted by Crippen LogP contribution is 2.31. The van der Waals surface area contributed by atoms with E-state index in [1.165, 1.54) is 7.05 Å². The molecule has 118 valence electrons. The number of carbonyl (C=O) groups is 1. The van der Waals surface area contributed by atoms with E-state index < -0.39 is 32.6 Å². The van der Waals surface area contributed by atoms with Crippen LogP contribution in [0.3, 0.4) is 0 Å². The molecule has 0 aromatic heterocycles. The molecule has 1 aromatic carbocycles. The molecule has 0 saturated carbocycles. The van der Waals surface area contributed by atoms with Crippen molar-refractivity contribution < 1.29 is 31.5 Å². The van der Waals surface area contributed by atoms with E-state index in [4.69, 9.17) is 5.11 Å². The molecule has 0 heterocycles. The summed E-state index contributed by atoms with van der Waals surface area (Å²) in [4.78, 5) is 9.89. The van der Waals surface area contributed by atoms with Crippen molar-refractivity contribution in [2.45, 2.75) is 23.9 Å². The molecule has 0 aliphatic carbocycles. The number of carboxylic acid groups (broad SMARTS) is 1. The molecule has 1 aromatic rings. The lowest BCUT2D eigenvalue weighted by atomic mass is 10.2. The number of halogens is 3. The fourth-order valence-corrected chi connectivity index (χ4v) is 2.84. The maximum absolute atomic E-state index is 12.6. The number of hydrogen-bond acceptors (Lipinski definition) is 3. The molecule has 0 fully saturated rings. The maximum atomic E-state index is 12.6. The lowest BCUT2D eigenvalue weighted by Crippen LogP contribution is -2.28. The van der Waals surface area contributed by atoms with Crippen LogP contribution in [0.15, 0.2) is 29.2 Å². The minimum Gasteiger partial charge on any atom is -0.481 e. The molecule has 9 heteroatoms. The molecule has 1 N–H and O–H groups in total. The molecule has 0 unspecified atom stereocenters. The third-order valence-corrected chi connectivity index (χ3v) is 4.59. The van der Waals surface area contributed by atoms with Gasteiger partial charge in [-0.2, -0.15) is 13.2 Å². The molecule has 0 saturated heterocycles. The molecular weight excluding hydrogens is 311 g/mol. The Bertz CT molecular complexity index is 613. The summed E-state index contributed by atoms with van der Waals surface area (Å²) in [5.41, 5.74) is -1.05. The van der Waals surface area contributed by atoms with E-state index in [1.54, 1.807) is 0 Å². The zero-order valence-corrected chi connectivity index (χ0v) is 11.9. The van der Waals surface area contributed by atoms with E-state index >= 15 is 0 Å². The predicted octanol–water partition coefficient (Wildman–Crippen LogP) is 2.19. The summed E-state index contributed by atoms with van der Waals surface area (Å²) in [6.07, 6.45) is -4.78. The number of carboxylic acids is 1. The molecule has 0 bridgehead atoms. The number of alkyl halides is 3. The van der Waals surface area contributed by atoms with Crippen LogP contribution in [0.4, 0.5) is 13.2 Å². The van der Waals surface area contributed by atoms with Gasteiger partial charge in [0.1, 0.15) is 0 Å². The van der Waals surface area contributed by atoms with Crippen LogP contribution >= 0.6 is 0 Å². The third kappa shape index (κ3) is 4.71. The summed E-state index contributed by atoms with van der Waals surface area (Å²) >= 11 is 0. The lowest BCUT2D eigenvalue weighted by Gasteiger charge is -2.17. The van der Waals surface area contributed by atoms with Crippen molar-refractivity contribution >= 4 is 16.0 Å². The van der Waals surface area contributed by atoms with Crippen molar-refractivity contribution in [2.24, 2.45) is 0 Å². The summed E-state index contributed by atoms with van der Waals surface area (Å²) in [6.45, 7) is -0.0924. The number of sulfonamides is 1. The second-order valence-corrected chi connectivity index (χ2v) is 6.39. The number of aliphatic carboxylic acids is 1. The van der Waals surface area contributed by atoms with Gasteiger partial charge in [0, 0.05) is 20.0 Å². The number of hydrogen-bond donors (Lipinski definition) is 1. The van der Waals surface area contributed by atoms with Crippen molar-refractivity contribution in [1.82, 2.24) is 4.31 Å². The Labute approximate surface area is 120 Å². The first-order chi connectivity index (χ1) is 9.55. The van der Waals surface area contributed by atoms with Gasteiger partial charge in [-0.15, -0.1) is 0 Å². The van der Waals surface area contributed by atoms with Gasteiger partial charge in [-0.3, -0.25) is 4.79 Å². The van der Waals surface area contributed by atoms with Gasteiger partial charge >= 0.3 is 12.1 Å². The van der Waals surface area contributed by atoms with Crippen LogP contribution in [0, 0.1) is 0 Å². The minimum atomic E-state index is -4.63. The quantitative estimate of drug-likeness (QED) is 0.870. The second-order valence-electron chi connectivity index (χ2n) is 4.35. The highest BCUT2D eigenvalue weighted by atomic mass is 32.2. The topological polar surface area (TPSA) is 74.7 Å². The molecule has 0 atom stereocenters. The fourth-order valence-electron chi connectivity index (χ4n) is 1.59. The van der Waals surface area contributed by atoms with Crippen LogP contribution in [-0.4, -0.2) is 37.4 Å². The Balaban J connectivity index is 2.94. The monoisotopic (exact) mass is 325 g/mol. The van der Waals surface area contributed by atoms with Gasteiger partial charge in [0.25, 0.3) is 0 Å². The molecule has 0 aliphatic heterocycles. The first-order valence-corrected chi connectivity index (χ1v) is 7.34. The lowest BCUT2D eigenvalue weighted by molar-refractivity contribution is -0.138. The molecule has 1 rings (SSSR count). The zero-order chi connectivity index (χ0) is 16.3. The van der Waals surface area contributed by atoms with Gasteiger partial charge < -0.3 is 5.11 Å². The smallest absolute Gasteiger partial charge is 0.416 e. The Morgan fingerprint density at radius 2 is 1.95 bits per heavy atom. The fraction of sp³-hybridized carbons (Fsp3) is 0.417. The molecule has 0 aliphatic rings. The van der Waals surface area contributed by atoms with E-state index in [2.05, 4.69) is 0 Å². The van der Waals surface area contributed by atoms with E-state index in [1.807, 2.05) is 0 Å². The van der Waals surface area contributed by atoms with Gasteiger partial charge in [0.05, 0.1) is 10.5 Å². The minimum absolute atomic E-state index is 0.0734. The molecule has 5 nitrogen and oxygen atoms in total. The van der Waals surface area contributed by atoms with E-state index in [9.17, 15) is 26.4 Å². The zero-order valence-electron chi connectivity index (χ0n) is 11.1. The SMILES string of the molecule is CN(CCCC(=O)O)S(=O)(=O)c1cccc(C(F)(F)F)c1. The largest absolute Gasteiger partial charge is 0.481 e. The first-order valence-electron chi connectivity index (χ1n) is 5.90. The maximum Gasteiger partial charge on any atom is 0.416 e. The summed E-state index contributed by atoms with van der Waals surface area (Å²) in [5.74, 6) is -1.07. The van der Waals surface area contributed by atoms with Gasteiger partial charge in [-0.05, 0) is 24.6 Å². The van der Waals surface area contributed by atoms with E-state index in [-0.39, 0.29) is 19.4 Å². The summed E-state index contributed by atoms with van der Waals surface area (Å²) in [7, 11) is -2.89. The number of rotatable bonds is 6. The van der Waals surface area contributed by atoms with Crippen LogP contribution in [0.2, 0.25) is 0 Å². The second kappa shape index (κ2) is 6.44. The molecular formula is C12H14F3NO4S. The molecule has 0 amide bonds. The average molecular weight is 325 g/mol. The van der Waals surface area contributed by atoms with Crippen molar-refractivity contribution in [3.63, 3.8) is 0 Å². The highest BCUT2D eigenvalue weighted by molar-refractivity contribution is 7.89. The Morgan fingerprint density at radius 3 is 2.48 bits per heavy atom. The van der Waals surface area contributed by atoms with Crippen LogP contribution in [-0.2, 0) is 21.0 Å². The molecule has 0 spiro atoms. The van der Waals surface area contributed by atoms with Gasteiger partial charge in [0.2, 0.25) is 10.0 Å². The predicted molar refractivity (Wildman–Crippen MR) is 68.1 cm³/mol. The molecule has 0 radical (unpaired) electrons.